The van der Waals surface area contributed by atoms with Gasteiger partial charge in [0.15, 0.2) is 0 Å². The second-order valence-electron chi connectivity index (χ2n) is 2.63. The Morgan fingerprint density at radius 1 is 1.67 bits per heavy atom. The standard InChI is InChI=1S/C9H12O3/c1-3-4-5-7-6(2)8(10)9(11)12-7/h4-5,9,11H,3H2,1-2H3/b5-4+. The maximum absolute atomic E-state index is 11.0. The van der Waals surface area contributed by atoms with Crippen LogP contribution in [0.4, 0.5) is 0 Å². The number of ether oxygens (including phenoxy) is 1. The van der Waals surface area contributed by atoms with Crippen LogP contribution in [0.1, 0.15) is 20.3 Å². The molecule has 0 saturated carbocycles. The molecule has 1 unspecified atom stereocenters. The molecule has 12 heavy (non-hydrogen) atoms. The van der Waals surface area contributed by atoms with Crippen LogP contribution in [-0.2, 0) is 9.53 Å². The van der Waals surface area contributed by atoms with Gasteiger partial charge in [0.2, 0.25) is 5.78 Å². The van der Waals surface area contributed by atoms with Crippen LogP contribution in [0, 0.1) is 0 Å². The van der Waals surface area contributed by atoms with Crippen LogP contribution in [0.5, 0.6) is 0 Å². The number of carbonyl (C=O) groups excluding carboxylic acids is 1. The Hall–Kier alpha value is -1.09. The summed E-state index contributed by atoms with van der Waals surface area (Å²) in [6.07, 6.45) is 3.18. The Bertz CT molecular complexity index is 250. The van der Waals surface area contributed by atoms with Crippen molar-refractivity contribution in [2.24, 2.45) is 0 Å². The van der Waals surface area contributed by atoms with E-state index in [0.717, 1.165) is 6.42 Å². The lowest BCUT2D eigenvalue weighted by molar-refractivity contribution is -0.137. The summed E-state index contributed by atoms with van der Waals surface area (Å²) in [6.45, 7) is 3.63. The van der Waals surface area contributed by atoms with Gasteiger partial charge in [-0.15, -0.1) is 0 Å². The number of Topliss-reactive ketones (excluding diaryl/α,β-unsaturated/α-hetero) is 1. The molecule has 0 aromatic carbocycles. The third-order valence-electron chi connectivity index (χ3n) is 1.71. The average molecular weight is 168 g/mol. The largest absolute Gasteiger partial charge is 0.457 e. The van der Waals surface area contributed by atoms with Crippen molar-refractivity contribution in [1.82, 2.24) is 0 Å². The van der Waals surface area contributed by atoms with E-state index in [-0.39, 0.29) is 5.78 Å². The predicted octanol–water partition coefficient (Wildman–Crippen LogP) is 1.14. The second-order valence-corrected chi connectivity index (χ2v) is 2.63. The van der Waals surface area contributed by atoms with Crippen molar-refractivity contribution in [3.8, 4) is 0 Å². The number of hydrogen-bond donors (Lipinski definition) is 1. The number of carbonyl (C=O) groups is 1. The first-order valence-electron chi connectivity index (χ1n) is 3.93. The molecular weight excluding hydrogens is 156 g/mol. The van der Waals surface area contributed by atoms with Crippen LogP contribution in [0.25, 0.3) is 0 Å². The first-order valence-corrected chi connectivity index (χ1v) is 3.93. The Balaban J connectivity index is 2.78. The first-order chi connectivity index (χ1) is 5.66. The van der Waals surface area contributed by atoms with Gasteiger partial charge in [0.1, 0.15) is 5.76 Å². The lowest BCUT2D eigenvalue weighted by atomic mass is 10.2. The number of ketones is 1. The molecule has 1 aliphatic heterocycles. The second kappa shape index (κ2) is 3.54. The summed E-state index contributed by atoms with van der Waals surface area (Å²) in [7, 11) is 0. The van der Waals surface area contributed by atoms with E-state index in [1.807, 2.05) is 13.0 Å². The van der Waals surface area contributed by atoms with Crippen LogP contribution < -0.4 is 0 Å². The fourth-order valence-corrected chi connectivity index (χ4v) is 0.958. The summed E-state index contributed by atoms with van der Waals surface area (Å²) in [4.78, 5) is 11.0. The molecule has 0 saturated heterocycles. The monoisotopic (exact) mass is 168 g/mol. The van der Waals surface area contributed by atoms with E-state index in [4.69, 9.17) is 9.84 Å². The molecule has 1 atom stereocenters. The molecule has 3 heteroatoms. The normalized spacial score (nSPS) is 23.9. The predicted molar refractivity (Wildman–Crippen MR) is 44.2 cm³/mol. The third-order valence-corrected chi connectivity index (χ3v) is 1.71. The smallest absolute Gasteiger partial charge is 0.261 e. The highest BCUT2D eigenvalue weighted by atomic mass is 16.6. The Morgan fingerprint density at radius 3 is 2.75 bits per heavy atom. The number of rotatable bonds is 2. The fraction of sp³-hybridized carbons (Fsp3) is 0.444. The first kappa shape index (κ1) is 9.00. The lowest BCUT2D eigenvalue weighted by Gasteiger charge is -2.00. The van der Waals surface area contributed by atoms with Crippen LogP contribution in [0.15, 0.2) is 23.5 Å². The van der Waals surface area contributed by atoms with Crippen LogP contribution in [0.3, 0.4) is 0 Å². The molecule has 1 aliphatic rings. The van der Waals surface area contributed by atoms with E-state index in [1.54, 1.807) is 13.0 Å². The van der Waals surface area contributed by atoms with Crippen molar-refractivity contribution in [2.45, 2.75) is 26.6 Å². The van der Waals surface area contributed by atoms with Crippen molar-refractivity contribution < 1.29 is 14.6 Å². The van der Waals surface area contributed by atoms with Crippen molar-refractivity contribution in [3.05, 3.63) is 23.5 Å². The van der Waals surface area contributed by atoms with Gasteiger partial charge in [0, 0.05) is 5.57 Å². The minimum atomic E-state index is -1.29. The molecule has 0 amide bonds. The van der Waals surface area contributed by atoms with Crippen LogP contribution >= 0.6 is 0 Å². The molecule has 1 heterocycles. The molecule has 0 aromatic rings. The molecule has 0 aliphatic carbocycles. The fourth-order valence-electron chi connectivity index (χ4n) is 0.958. The van der Waals surface area contributed by atoms with Crippen LogP contribution in [0.2, 0.25) is 0 Å². The molecular formula is C9H12O3. The summed E-state index contributed by atoms with van der Waals surface area (Å²) in [5.41, 5.74) is 0.493. The molecule has 1 N–H and O–H groups in total. The van der Waals surface area contributed by atoms with Crippen molar-refractivity contribution in [1.29, 1.82) is 0 Å². The van der Waals surface area contributed by atoms with Gasteiger partial charge in [-0.3, -0.25) is 4.79 Å². The molecule has 0 aromatic heterocycles. The number of allylic oxidation sites excluding steroid dienone is 2. The van der Waals surface area contributed by atoms with E-state index in [9.17, 15) is 4.79 Å². The summed E-state index contributed by atoms with van der Waals surface area (Å²) in [5.74, 6) is 0.139. The summed E-state index contributed by atoms with van der Waals surface area (Å²) in [5, 5.41) is 8.99. The number of aliphatic hydroxyl groups excluding tert-OH is 1. The Morgan fingerprint density at radius 2 is 2.33 bits per heavy atom. The maximum atomic E-state index is 11.0. The van der Waals surface area contributed by atoms with Crippen molar-refractivity contribution in [3.63, 3.8) is 0 Å². The van der Waals surface area contributed by atoms with E-state index in [2.05, 4.69) is 0 Å². The van der Waals surface area contributed by atoms with Gasteiger partial charge < -0.3 is 9.84 Å². The number of aliphatic hydroxyl groups is 1. The molecule has 0 fully saturated rings. The molecule has 0 bridgehead atoms. The molecule has 0 radical (unpaired) electrons. The molecule has 1 rings (SSSR count). The zero-order chi connectivity index (χ0) is 9.14. The van der Waals surface area contributed by atoms with Gasteiger partial charge in [0.05, 0.1) is 0 Å². The number of hydrogen-bond acceptors (Lipinski definition) is 3. The molecule has 0 spiro atoms. The maximum Gasteiger partial charge on any atom is 0.261 e. The quantitative estimate of drug-likeness (QED) is 0.672. The third kappa shape index (κ3) is 1.56. The Labute approximate surface area is 71.3 Å². The molecule has 66 valence electrons. The average Bonchev–Trinajstić information content (AvgIpc) is 2.30. The highest BCUT2D eigenvalue weighted by Crippen LogP contribution is 2.20. The zero-order valence-corrected chi connectivity index (χ0v) is 7.20. The van der Waals surface area contributed by atoms with Gasteiger partial charge in [-0.2, -0.15) is 0 Å². The van der Waals surface area contributed by atoms with Crippen LogP contribution in [-0.4, -0.2) is 17.2 Å². The highest BCUT2D eigenvalue weighted by molar-refractivity contribution is 6.00. The summed E-state index contributed by atoms with van der Waals surface area (Å²) >= 11 is 0. The van der Waals surface area contributed by atoms with Gasteiger partial charge in [-0.1, -0.05) is 13.0 Å². The zero-order valence-electron chi connectivity index (χ0n) is 7.20. The lowest BCUT2D eigenvalue weighted by Crippen LogP contribution is -2.15. The summed E-state index contributed by atoms with van der Waals surface area (Å²) in [6, 6.07) is 0. The van der Waals surface area contributed by atoms with Crippen molar-refractivity contribution >= 4 is 5.78 Å². The van der Waals surface area contributed by atoms with Gasteiger partial charge in [0.25, 0.3) is 6.29 Å². The van der Waals surface area contributed by atoms with E-state index in [1.165, 1.54) is 0 Å². The highest BCUT2D eigenvalue weighted by Gasteiger charge is 2.28. The topological polar surface area (TPSA) is 46.5 Å². The molecule has 3 nitrogen and oxygen atoms in total. The summed E-state index contributed by atoms with van der Waals surface area (Å²) < 4.78 is 4.89. The van der Waals surface area contributed by atoms with Gasteiger partial charge >= 0.3 is 0 Å². The Kier molecular flexibility index (Phi) is 2.65. The minimum Gasteiger partial charge on any atom is -0.457 e. The minimum absolute atomic E-state index is 0.342. The van der Waals surface area contributed by atoms with Crippen molar-refractivity contribution in [2.75, 3.05) is 0 Å². The van der Waals surface area contributed by atoms with E-state index >= 15 is 0 Å². The van der Waals surface area contributed by atoms with Gasteiger partial charge in [-0.25, -0.2) is 0 Å². The van der Waals surface area contributed by atoms with E-state index in [0.29, 0.717) is 11.3 Å². The van der Waals surface area contributed by atoms with E-state index < -0.39 is 6.29 Å². The van der Waals surface area contributed by atoms with Gasteiger partial charge in [-0.05, 0) is 19.4 Å². The SMILES string of the molecule is CC/C=C/C1=C(C)C(=O)C(O)O1.